The van der Waals surface area contributed by atoms with Crippen LogP contribution in [0.3, 0.4) is 0 Å². The normalized spacial score (nSPS) is 15.3. The first kappa shape index (κ1) is 25.1. The summed E-state index contributed by atoms with van der Waals surface area (Å²) in [6.45, 7) is -1.30. The van der Waals surface area contributed by atoms with E-state index in [4.69, 9.17) is 14.9 Å². The number of benzene rings is 1. The van der Waals surface area contributed by atoms with E-state index >= 15 is 0 Å². The summed E-state index contributed by atoms with van der Waals surface area (Å²) < 4.78 is 54.0. The number of nitrogens with one attached hydrogen (secondary N) is 1. The van der Waals surface area contributed by atoms with Gasteiger partial charge in [0.05, 0.1) is 31.8 Å². The molecular weight excluding hydrogens is 461 g/mol. The van der Waals surface area contributed by atoms with Crippen molar-refractivity contribution in [2.45, 2.75) is 12.5 Å². The molecule has 0 radical (unpaired) electrons. The highest BCUT2D eigenvalue weighted by atomic mass is 35.5. The summed E-state index contributed by atoms with van der Waals surface area (Å²) in [5.74, 6) is -5.18. The maximum atomic E-state index is 14.8. The topological polar surface area (TPSA) is 128 Å². The van der Waals surface area contributed by atoms with Crippen molar-refractivity contribution in [3.05, 3.63) is 35.8 Å². The van der Waals surface area contributed by atoms with E-state index in [1.807, 2.05) is 0 Å². The first-order valence-electron chi connectivity index (χ1n) is 9.19. The Bertz CT molecular complexity index is 949. The molecule has 1 atom stereocenters. The van der Waals surface area contributed by atoms with Crippen LogP contribution in [0.2, 0.25) is 0 Å². The fourth-order valence-electron chi connectivity index (χ4n) is 3.09. The maximum absolute atomic E-state index is 14.8. The van der Waals surface area contributed by atoms with Gasteiger partial charge in [-0.1, -0.05) is 5.16 Å². The lowest BCUT2D eigenvalue weighted by molar-refractivity contribution is -0.136. The van der Waals surface area contributed by atoms with Gasteiger partial charge in [0.15, 0.2) is 23.3 Å². The van der Waals surface area contributed by atoms with E-state index < -0.39 is 60.0 Å². The molecule has 1 fully saturated rings. The molecule has 0 spiro atoms. The summed E-state index contributed by atoms with van der Waals surface area (Å²) >= 11 is 0. The molecule has 176 valence electrons. The van der Waals surface area contributed by atoms with Crippen molar-refractivity contribution in [2.24, 2.45) is 0 Å². The largest absolute Gasteiger partial charge is 0.481 e. The van der Waals surface area contributed by atoms with Gasteiger partial charge < -0.3 is 29.7 Å². The number of carbonyl (C=O) groups is 2. The molecule has 1 saturated heterocycles. The molecule has 10 nitrogen and oxygen atoms in total. The number of aliphatic hydroxyl groups is 1. The third-order valence-corrected chi connectivity index (χ3v) is 4.51. The number of hydrogen-bond donors (Lipinski definition) is 3. The number of carbonyl (C=O) groups excluding carboxylic acids is 1. The van der Waals surface area contributed by atoms with Gasteiger partial charge in [0, 0.05) is 25.2 Å². The van der Waals surface area contributed by atoms with Crippen LogP contribution >= 0.6 is 12.4 Å². The summed E-state index contributed by atoms with van der Waals surface area (Å²) in [7, 11) is 0. The summed E-state index contributed by atoms with van der Waals surface area (Å²) in [5, 5.41) is 24.4. The van der Waals surface area contributed by atoms with Crippen LogP contribution in [0, 0.1) is 17.5 Å². The second-order valence-corrected chi connectivity index (χ2v) is 6.59. The van der Waals surface area contributed by atoms with Crippen LogP contribution in [0.4, 0.5) is 35.2 Å². The van der Waals surface area contributed by atoms with Gasteiger partial charge in [0.2, 0.25) is 0 Å². The molecule has 0 bridgehead atoms. The molecule has 32 heavy (non-hydrogen) atoms. The van der Waals surface area contributed by atoms with Crippen LogP contribution in [-0.2, 0) is 9.53 Å². The summed E-state index contributed by atoms with van der Waals surface area (Å²) in [5.41, 5.74) is -1.48. The highest BCUT2D eigenvalue weighted by molar-refractivity contribution is 5.90. The first-order chi connectivity index (χ1) is 14.8. The molecule has 0 saturated carbocycles. The number of ether oxygens (including phenoxy) is 1. The van der Waals surface area contributed by atoms with Crippen LogP contribution in [0.25, 0.3) is 0 Å². The van der Waals surface area contributed by atoms with Gasteiger partial charge in [-0.05, 0) is 0 Å². The molecule has 3 N–H and O–H groups in total. The van der Waals surface area contributed by atoms with Gasteiger partial charge in [-0.15, -0.1) is 12.4 Å². The number of carboxylic acids is 1. The average molecular weight is 481 g/mol. The van der Waals surface area contributed by atoms with Crippen molar-refractivity contribution in [1.82, 2.24) is 5.16 Å². The number of cyclic esters (lactones) is 1. The molecule has 3 rings (SSSR count). The monoisotopic (exact) mass is 480 g/mol. The van der Waals surface area contributed by atoms with E-state index in [2.05, 4.69) is 15.0 Å². The average Bonchev–Trinajstić information content (AvgIpc) is 3.36. The van der Waals surface area contributed by atoms with Crippen LogP contribution in [-0.4, -0.2) is 66.3 Å². The van der Waals surface area contributed by atoms with Gasteiger partial charge in [-0.3, -0.25) is 9.69 Å². The lowest BCUT2D eigenvalue weighted by atomic mass is 10.2. The Balaban J connectivity index is 0.00000363. The van der Waals surface area contributed by atoms with E-state index in [1.165, 1.54) is 12.3 Å². The number of aliphatic hydroxyl groups excluding tert-OH is 1. The third kappa shape index (κ3) is 5.53. The van der Waals surface area contributed by atoms with Gasteiger partial charge in [-0.25, -0.2) is 18.0 Å². The fraction of sp³-hybridized carbons (Fsp3) is 0.389. The second-order valence-electron chi connectivity index (χ2n) is 6.59. The minimum atomic E-state index is -1.61. The smallest absolute Gasteiger partial charge is 0.414 e. The van der Waals surface area contributed by atoms with Crippen molar-refractivity contribution in [1.29, 1.82) is 0 Å². The number of carboxylic acid groups (broad SMARTS) is 1. The molecule has 14 heteroatoms. The number of halogens is 4. The van der Waals surface area contributed by atoms with E-state index in [9.17, 15) is 22.8 Å². The minimum Gasteiger partial charge on any atom is -0.481 e. The highest BCUT2D eigenvalue weighted by Crippen LogP contribution is 2.34. The third-order valence-electron chi connectivity index (χ3n) is 4.51. The predicted molar refractivity (Wildman–Crippen MR) is 108 cm³/mol. The Kier molecular flexibility index (Phi) is 8.55. The molecule has 1 aliphatic heterocycles. The number of nitrogens with zero attached hydrogens (tertiary/aromatic N) is 3. The second kappa shape index (κ2) is 10.9. The number of rotatable bonds is 10. The number of amides is 1. The lowest BCUT2D eigenvalue weighted by Gasteiger charge is -2.25. The zero-order valence-corrected chi connectivity index (χ0v) is 17.3. The highest BCUT2D eigenvalue weighted by Gasteiger charge is 2.36. The van der Waals surface area contributed by atoms with Crippen LogP contribution in [0.5, 0.6) is 0 Å². The Hall–Kier alpha value is -3.19. The predicted octanol–water partition coefficient (Wildman–Crippen LogP) is 2.22. The maximum Gasteiger partial charge on any atom is 0.414 e. The van der Waals surface area contributed by atoms with Crippen LogP contribution in [0.1, 0.15) is 6.42 Å². The fourth-order valence-corrected chi connectivity index (χ4v) is 3.09. The van der Waals surface area contributed by atoms with Crippen molar-refractivity contribution >= 4 is 41.7 Å². The summed E-state index contributed by atoms with van der Waals surface area (Å²) in [6.07, 6.45) is -0.902. The van der Waals surface area contributed by atoms with Crippen molar-refractivity contribution < 1.29 is 42.2 Å². The molecule has 2 aromatic rings. The van der Waals surface area contributed by atoms with Crippen molar-refractivity contribution in [3.8, 4) is 0 Å². The van der Waals surface area contributed by atoms with E-state index in [0.717, 1.165) is 9.80 Å². The standard InChI is InChI=1S/C18H19F3N4O6.ClH/c19-11-7-12(15(20)16(21)17(11)24(4-5-26)3-1-14(27)28)25-9-10(31-18(25)29)8-22-13-2-6-30-23-13;/h2,6-7,10,26H,1,3-5,8-9H2,(H,22,23)(H,27,28);1H/t10-;/m0./s1. The van der Waals surface area contributed by atoms with Gasteiger partial charge in [-0.2, -0.15) is 0 Å². The Labute approximate surface area is 185 Å². The molecule has 1 amide bonds. The Morgan fingerprint density at radius 1 is 1.31 bits per heavy atom. The van der Waals surface area contributed by atoms with E-state index in [-0.39, 0.29) is 38.6 Å². The van der Waals surface area contributed by atoms with Crippen molar-refractivity contribution in [3.63, 3.8) is 0 Å². The molecule has 0 unspecified atom stereocenters. The molecule has 0 aliphatic carbocycles. The van der Waals surface area contributed by atoms with Crippen LogP contribution in [0.15, 0.2) is 22.9 Å². The number of aliphatic carboxylic acids is 1. The zero-order valence-electron chi connectivity index (χ0n) is 16.5. The summed E-state index contributed by atoms with van der Waals surface area (Å²) in [4.78, 5) is 24.6. The lowest BCUT2D eigenvalue weighted by Crippen LogP contribution is -2.32. The van der Waals surface area contributed by atoms with Gasteiger partial charge in [0.1, 0.15) is 18.1 Å². The Morgan fingerprint density at radius 2 is 2.06 bits per heavy atom. The molecule has 1 aromatic heterocycles. The van der Waals surface area contributed by atoms with E-state index in [0.29, 0.717) is 11.9 Å². The number of aromatic nitrogens is 1. The SMILES string of the molecule is Cl.O=C(O)CCN(CCO)c1c(F)cc(N2C[C@H](CNc3ccon3)OC2=O)c(F)c1F. The van der Waals surface area contributed by atoms with Gasteiger partial charge >= 0.3 is 12.1 Å². The zero-order chi connectivity index (χ0) is 22.5. The Morgan fingerprint density at radius 3 is 2.69 bits per heavy atom. The molecule has 2 heterocycles. The van der Waals surface area contributed by atoms with Crippen LogP contribution < -0.4 is 15.1 Å². The minimum absolute atomic E-state index is 0. The quantitative estimate of drug-likeness (QED) is 0.438. The summed E-state index contributed by atoms with van der Waals surface area (Å²) in [6, 6.07) is 2.16. The van der Waals surface area contributed by atoms with Crippen molar-refractivity contribution in [2.75, 3.05) is 47.9 Å². The number of hydrogen-bond acceptors (Lipinski definition) is 8. The molecule has 1 aromatic carbocycles. The van der Waals surface area contributed by atoms with Gasteiger partial charge in [0.25, 0.3) is 0 Å². The number of anilines is 3. The van der Waals surface area contributed by atoms with E-state index in [1.54, 1.807) is 0 Å². The first-order valence-corrected chi connectivity index (χ1v) is 9.19. The molecular formula is C18H20ClF3N4O6. The molecule has 1 aliphatic rings.